The molecule has 2 aromatic heterocycles. The van der Waals surface area contributed by atoms with Crippen molar-refractivity contribution in [1.29, 1.82) is 0 Å². The third-order valence-electron chi connectivity index (χ3n) is 5.18. The van der Waals surface area contributed by atoms with Gasteiger partial charge in [-0.05, 0) is 31.0 Å². The maximum Gasteiger partial charge on any atom is 0.305 e. The zero-order valence-electron chi connectivity index (χ0n) is 18.8. The SMILES string of the molecule is CCOC(=O)CCCNC(=O)CSc1nnc2n(Cc3ccccc3)c(=O)c3ccccc3n12. The molecule has 4 aromatic rings. The van der Waals surface area contributed by atoms with Gasteiger partial charge in [0.15, 0.2) is 5.16 Å². The highest BCUT2D eigenvalue weighted by Crippen LogP contribution is 2.22. The van der Waals surface area contributed by atoms with Crippen molar-refractivity contribution < 1.29 is 14.3 Å². The van der Waals surface area contributed by atoms with Gasteiger partial charge in [-0.15, -0.1) is 10.2 Å². The van der Waals surface area contributed by atoms with Gasteiger partial charge in [0.1, 0.15) is 0 Å². The summed E-state index contributed by atoms with van der Waals surface area (Å²) < 4.78 is 8.30. The van der Waals surface area contributed by atoms with Crippen LogP contribution in [0, 0.1) is 0 Å². The van der Waals surface area contributed by atoms with Crippen LogP contribution in [0.1, 0.15) is 25.3 Å². The predicted octanol–water partition coefficient (Wildman–Crippen LogP) is 2.64. The molecule has 0 atom stereocenters. The van der Waals surface area contributed by atoms with Gasteiger partial charge in [0.05, 0.1) is 29.8 Å². The fourth-order valence-corrected chi connectivity index (χ4v) is 4.38. The number of carbonyl (C=O) groups is 2. The van der Waals surface area contributed by atoms with Gasteiger partial charge in [-0.1, -0.05) is 54.2 Å². The Morgan fingerprint density at radius 2 is 1.82 bits per heavy atom. The van der Waals surface area contributed by atoms with E-state index in [-0.39, 0.29) is 29.6 Å². The minimum Gasteiger partial charge on any atom is -0.466 e. The number of amides is 1. The molecule has 0 bridgehead atoms. The number of para-hydroxylation sites is 1. The summed E-state index contributed by atoms with van der Waals surface area (Å²) >= 11 is 1.24. The number of ether oxygens (including phenoxy) is 1. The van der Waals surface area contributed by atoms with Crippen molar-refractivity contribution in [1.82, 2.24) is 24.5 Å². The molecule has 1 N–H and O–H groups in total. The number of hydrogen-bond acceptors (Lipinski definition) is 7. The largest absolute Gasteiger partial charge is 0.466 e. The molecule has 0 spiro atoms. The van der Waals surface area contributed by atoms with E-state index in [1.54, 1.807) is 17.6 Å². The third kappa shape index (κ3) is 5.28. The third-order valence-corrected chi connectivity index (χ3v) is 6.11. The lowest BCUT2D eigenvalue weighted by Crippen LogP contribution is -2.27. The average molecular weight is 480 g/mol. The van der Waals surface area contributed by atoms with Gasteiger partial charge in [0, 0.05) is 13.0 Å². The fourth-order valence-electron chi connectivity index (χ4n) is 3.61. The highest BCUT2D eigenvalue weighted by Gasteiger charge is 2.17. The molecular formula is C24H25N5O4S. The van der Waals surface area contributed by atoms with Crippen LogP contribution in [0.4, 0.5) is 0 Å². The summed E-state index contributed by atoms with van der Waals surface area (Å²) in [6.07, 6.45) is 0.778. The smallest absolute Gasteiger partial charge is 0.305 e. The summed E-state index contributed by atoms with van der Waals surface area (Å²) in [5, 5.41) is 12.4. The molecule has 0 saturated heterocycles. The van der Waals surface area contributed by atoms with Crippen molar-refractivity contribution in [2.75, 3.05) is 18.9 Å². The van der Waals surface area contributed by atoms with Gasteiger partial charge in [-0.3, -0.25) is 23.4 Å². The molecule has 10 heteroatoms. The Labute approximate surface area is 200 Å². The van der Waals surface area contributed by atoms with E-state index in [0.717, 1.165) is 5.56 Å². The molecule has 0 fully saturated rings. The van der Waals surface area contributed by atoms with E-state index < -0.39 is 0 Å². The number of fused-ring (bicyclic) bond motifs is 3. The van der Waals surface area contributed by atoms with E-state index in [4.69, 9.17) is 4.74 Å². The lowest BCUT2D eigenvalue weighted by atomic mass is 10.2. The van der Waals surface area contributed by atoms with Crippen molar-refractivity contribution in [2.24, 2.45) is 0 Å². The minimum atomic E-state index is -0.269. The second-order valence-corrected chi connectivity index (χ2v) is 8.50. The molecule has 0 aliphatic heterocycles. The second kappa shape index (κ2) is 11.0. The summed E-state index contributed by atoms with van der Waals surface area (Å²) in [6.45, 7) is 2.85. The van der Waals surface area contributed by atoms with Gasteiger partial charge in [-0.25, -0.2) is 0 Å². The fraction of sp³-hybridized carbons (Fsp3) is 0.292. The number of carbonyl (C=O) groups excluding carboxylic acids is 2. The van der Waals surface area contributed by atoms with Crippen LogP contribution in [0.15, 0.2) is 64.5 Å². The van der Waals surface area contributed by atoms with E-state index in [0.29, 0.717) is 48.0 Å². The standard InChI is InChI=1S/C24H25N5O4S/c1-2-33-21(31)13-8-14-25-20(30)16-34-24-27-26-23-28(15-17-9-4-3-5-10-17)22(32)18-11-6-7-12-19(18)29(23)24/h3-7,9-12H,2,8,13-16H2,1H3,(H,25,30). The lowest BCUT2D eigenvalue weighted by molar-refractivity contribution is -0.143. The Bertz CT molecular complexity index is 1370. The van der Waals surface area contributed by atoms with Crippen LogP contribution in [0.25, 0.3) is 16.7 Å². The zero-order chi connectivity index (χ0) is 23.9. The molecule has 4 rings (SSSR count). The van der Waals surface area contributed by atoms with E-state index in [9.17, 15) is 14.4 Å². The van der Waals surface area contributed by atoms with Crippen molar-refractivity contribution in [3.05, 3.63) is 70.5 Å². The summed E-state index contributed by atoms with van der Waals surface area (Å²) in [6, 6.07) is 17.0. The van der Waals surface area contributed by atoms with E-state index >= 15 is 0 Å². The summed E-state index contributed by atoms with van der Waals surface area (Å²) in [7, 11) is 0. The highest BCUT2D eigenvalue weighted by molar-refractivity contribution is 7.99. The van der Waals surface area contributed by atoms with Gasteiger partial charge in [0.25, 0.3) is 5.56 Å². The number of hydrogen-bond donors (Lipinski definition) is 1. The van der Waals surface area contributed by atoms with Crippen molar-refractivity contribution >= 4 is 40.3 Å². The molecule has 176 valence electrons. The van der Waals surface area contributed by atoms with Gasteiger partial charge < -0.3 is 10.1 Å². The topological polar surface area (TPSA) is 108 Å². The van der Waals surface area contributed by atoms with Crippen LogP contribution >= 0.6 is 11.8 Å². The van der Waals surface area contributed by atoms with Crippen LogP contribution < -0.4 is 10.9 Å². The van der Waals surface area contributed by atoms with Crippen LogP contribution in [0.3, 0.4) is 0 Å². The maximum atomic E-state index is 13.2. The van der Waals surface area contributed by atoms with Gasteiger partial charge in [0.2, 0.25) is 11.7 Å². The monoisotopic (exact) mass is 479 g/mol. The van der Waals surface area contributed by atoms with E-state index in [2.05, 4.69) is 15.5 Å². The quantitative estimate of drug-likeness (QED) is 0.212. The molecule has 0 radical (unpaired) electrons. The normalized spacial score (nSPS) is 11.1. The summed E-state index contributed by atoms with van der Waals surface area (Å²) in [4.78, 5) is 36.9. The summed E-state index contributed by atoms with van der Waals surface area (Å²) in [5.41, 5.74) is 1.52. The first-order valence-electron chi connectivity index (χ1n) is 11.0. The van der Waals surface area contributed by atoms with Crippen LogP contribution in [-0.2, 0) is 20.9 Å². The second-order valence-electron chi connectivity index (χ2n) is 7.56. The zero-order valence-corrected chi connectivity index (χ0v) is 19.6. The Morgan fingerprint density at radius 1 is 1.06 bits per heavy atom. The number of nitrogens with one attached hydrogen (secondary N) is 1. The van der Waals surface area contributed by atoms with Gasteiger partial charge >= 0.3 is 5.97 Å². The number of aromatic nitrogens is 4. The Hall–Kier alpha value is -3.66. The molecule has 0 aliphatic rings. The maximum absolute atomic E-state index is 13.2. The first-order valence-corrected chi connectivity index (χ1v) is 12.0. The Balaban J connectivity index is 1.53. The highest BCUT2D eigenvalue weighted by atomic mass is 32.2. The lowest BCUT2D eigenvalue weighted by Gasteiger charge is -2.11. The molecule has 1 amide bonds. The molecule has 0 aliphatic carbocycles. The average Bonchev–Trinajstić information content (AvgIpc) is 3.28. The molecule has 2 heterocycles. The number of benzene rings is 2. The van der Waals surface area contributed by atoms with Gasteiger partial charge in [-0.2, -0.15) is 0 Å². The molecule has 34 heavy (non-hydrogen) atoms. The van der Waals surface area contributed by atoms with Crippen molar-refractivity contribution in [2.45, 2.75) is 31.5 Å². The summed E-state index contributed by atoms with van der Waals surface area (Å²) in [5.74, 6) is 0.110. The molecular weight excluding hydrogens is 454 g/mol. The molecule has 2 aromatic carbocycles. The first kappa shape index (κ1) is 23.5. The molecule has 9 nitrogen and oxygen atoms in total. The first-order chi connectivity index (χ1) is 16.6. The number of rotatable bonds is 10. The Kier molecular flexibility index (Phi) is 7.58. The van der Waals surface area contributed by atoms with Crippen molar-refractivity contribution in [3.63, 3.8) is 0 Å². The van der Waals surface area contributed by atoms with Crippen LogP contribution in [0.2, 0.25) is 0 Å². The Morgan fingerprint density at radius 3 is 2.62 bits per heavy atom. The number of esters is 1. The van der Waals surface area contributed by atoms with Crippen LogP contribution in [0.5, 0.6) is 0 Å². The minimum absolute atomic E-state index is 0.131. The number of nitrogens with zero attached hydrogens (tertiary/aromatic N) is 4. The molecule has 0 saturated carbocycles. The number of thioether (sulfide) groups is 1. The van der Waals surface area contributed by atoms with Crippen molar-refractivity contribution in [3.8, 4) is 0 Å². The van der Waals surface area contributed by atoms with Crippen LogP contribution in [-0.4, -0.2) is 49.9 Å². The predicted molar refractivity (Wildman–Crippen MR) is 130 cm³/mol. The van der Waals surface area contributed by atoms with E-state index in [1.165, 1.54) is 11.8 Å². The molecule has 0 unspecified atom stereocenters. The van der Waals surface area contributed by atoms with E-state index in [1.807, 2.05) is 52.9 Å².